The Balaban J connectivity index is 1.57. The Kier molecular flexibility index (Phi) is 5.01. The highest BCUT2D eigenvalue weighted by Crippen LogP contribution is 2.47. The lowest BCUT2D eigenvalue weighted by Gasteiger charge is -2.30. The smallest absolute Gasteiger partial charge is 0.129 e. The van der Waals surface area contributed by atoms with Crippen molar-refractivity contribution in [3.05, 3.63) is 36.3 Å². The van der Waals surface area contributed by atoms with Crippen LogP contribution in [0.3, 0.4) is 0 Å². The number of fused-ring (bicyclic) bond motifs is 3. The molecular weight excluding hydrogens is 327 g/mol. The van der Waals surface area contributed by atoms with Gasteiger partial charge >= 0.3 is 0 Å². The van der Waals surface area contributed by atoms with Crippen LogP contribution < -0.4 is 4.74 Å². The van der Waals surface area contributed by atoms with Crippen LogP contribution in [0.2, 0.25) is 0 Å². The van der Waals surface area contributed by atoms with E-state index >= 15 is 4.39 Å². The van der Waals surface area contributed by atoms with Gasteiger partial charge in [0.2, 0.25) is 0 Å². The summed E-state index contributed by atoms with van der Waals surface area (Å²) >= 11 is 0. The third-order valence-electron chi connectivity index (χ3n) is 6.05. The fourth-order valence-corrected chi connectivity index (χ4v) is 4.57. The van der Waals surface area contributed by atoms with Crippen molar-refractivity contribution in [3.8, 4) is 17.0 Å². The van der Waals surface area contributed by atoms with Crippen LogP contribution in [0.4, 0.5) is 4.39 Å². The number of rotatable bonds is 7. The Morgan fingerprint density at radius 1 is 1.27 bits per heavy atom. The highest BCUT2D eigenvalue weighted by molar-refractivity contribution is 5.75. The molecule has 140 valence electrons. The molecule has 1 atom stereocenters. The van der Waals surface area contributed by atoms with E-state index in [1.807, 2.05) is 18.6 Å². The molecule has 1 aromatic heterocycles. The Bertz CT molecular complexity index is 748. The predicted octanol–water partition coefficient (Wildman–Crippen LogP) is 6.08. The van der Waals surface area contributed by atoms with Crippen LogP contribution in [-0.4, -0.2) is 21.8 Å². The number of hydrogen-bond donors (Lipinski definition) is 0. The minimum atomic E-state index is -0.975. The number of ether oxygens (including phenoxy) is 1. The highest BCUT2D eigenvalue weighted by Gasteiger charge is 2.36. The molecule has 1 aliphatic heterocycles. The second-order valence-corrected chi connectivity index (χ2v) is 7.87. The SMILES string of the molecule is CCCCOc1cccc2c1-c1cncn1C2CCC1(F)CCCCC1. The summed E-state index contributed by atoms with van der Waals surface area (Å²) < 4.78 is 23.4. The first-order valence-corrected chi connectivity index (χ1v) is 10.2. The minimum Gasteiger partial charge on any atom is -0.493 e. The van der Waals surface area contributed by atoms with Crippen LogP contribution >= 0.6 is 0 Å². The van der Waals surface area contributed by atoms with E-state index in [1.165, 1.54) is 12.0 Å². The van der Waals surface area contributed by atoms with E-state index in [-0.39, 0.29) is 6.04 Å². The standard InChI is InChI=1S/C22H29FN2O/c1-2-3-14-26-20-9-7-8-17-18(25-16-24-15-19(25)21(17)20)10-13-22(23)11-5-4-6-12-22/h7-9,15-16,18H,2-6,10-14H2,1H3. The zero-order valence-electron chi connectivity index (χ0n) is 15.7. The average Bonchev–Trinajstić information content (AvgIpc) is 3.22. The number of nitrogens with zero attached hydrogens (tertiary/aromatic N) is 2. The highest BCUT2D eigenvalue weighted by atomic mass is 19.1. The zero-order valence-corrected chi connectivity index (χ0v) is 15.7. The van der Waals surface area contributed by atoms with Crippen LogP contribution in [-0.2, 0) is 0 Å². The van der Waals surface area contributed by atoms with Gasteiger partial charge in [-0.2, -0.15) is 0 Å². The summed E-state index contributed by atoms with van der Waals surface area (Å²) in [6.45, 7) is 2.90. The van der Waals surface area contributed by atoms with E-state index in [4.69, 9.17) is 4.74 Å². The van der Waals surface area contributed by atoms with Crippen molar-refractivity contribution in [2.24, 2.45) is 0 Å². The number of benzene rings is 1. The lowest BCUT2D eigenvalue weighted by molar-refractivity contribution is 0.0903. The van der Waals surface area contributed by atoms with Crippen LogP contribution in [0.15, 0.2) is 30.7 Å². The summed E-state index contributed by atoms with van der Waals surface area (Å²) in [7, 11) is 0. The third-order valence-corrected chi connectivity index (χ3v) is 6.05. The summed E-state index contributed by atoms with van der Waals surface area (Å²) in [6.07, 6.45) is 12.1. The first-order valence-electron chi connectivity index (χ1n) is 10.2. The molecule has 1 aliphatic carbocycles. The fourth-order valence-electron chi connectivity index (χ4n) is 4.57. The van der Waals surface area contributed by atoms with Crippen LogP contribution in [0.5, 0.6) is 5.75 Å². The molecule has 1 fully saturated rings. The molecule has 1 aromatic carbocycles. The van der Waals surface area contributed by atoms with Gasteiger partial charge in [-0.15, -0.1) is 0 Å². The lowest BCUT2D eigenvalue weighted by Crippen LogP contribution is -2.27. The second kappa shape index (κ2) is 7.42. The maximum atomic E-state index is 15.1. The van der Waals surface area contributed by atoms with Gasteiger partial charge in [-0.05, 0) is 43.7 Å². The quantitative estimate of drug-likeness (QED) is 0.562. The van der Waals surface area contributed by atoms with E-state index in [2.05, 4.69) is 28.6 Å². The fraction of sp³-hybridized carbons (Fsp3) is 0.591. The van der Waals surface area contributed by atoms with Gasteiger partial charge in [-0.25, -0.2) is 9.37 Å². The second-order valence-electron chi connectivity index (χ2n) is 7.87. The number of hydrogen-bond acceptors (Lipinski definition) is 2. The Morgan fingerprint density at radius 2 is 2.12 bits per heavy atom. The van der Waals surface area contributed by atoms with Gasteiger partial charge in [0.25, 0.3) is 0 Å². The van der Waals surface area contributed by atoms with Gasteiger partial charge < -0.3 is 9.30 Å². The summed E-state index contributed by atoms with van der Waals surface area (Å²) in [4.78, 5) is 4.36. The molecular formula is C22H29FN2O. The summed E-state index contributed by atoms with van der Waals surface area (Å²) in [5.74, 6) is 0.938. The number of unbranched alkanes of at least 4 members (excludes halogenated alkanes) is 1. The third kappa shape index (κ3) is 3.26. The average molecular weight is 356 g/mol. The van der Waals surface area contributed by atoms with Gasteiger partial charge in [0.1, 0.15) is 11.4 Å². The molecule has 0 N–H and O–H groups in total. The maximum Gasteiger partial charge on any atom is 0.129 e. The molecule has 1 unspecified atom stereocenters. The monoisotopic (exact) mass is 356 g/mol. The Morgan fingerprint density at radius 3 is 2.92 bits per heavy atom. The summed E-state index contributed by atoms with van der Waals surface area (Å²) in [5.41, 5.74) is 2.55. The molecule has 1 saturated carbocycles. The molecule has 0 saturated heterocycles. The van der Waals surface area contributed by atoms with Crippen molar-refractivity contribution in [1.82, 2.24) is 9.55 Å². The topological polar surface area (TPSA) is 27.1 Å². The number of aromatic nitrogens is 2. The molecule has 0 amide bonds. The molecule has 0 radical (unpaired) electrons. The summed E-state index contributed by atoms with van der Waals surface area (Å²) in [6, 6.07) is 6.46. The van der Waals surface area contributed by atoms with E-state index < -0.39 is 5.67 Å². The van der Waals surface area contributed by atoms with E-state index in [0.29, 0.717) is 6.42 Å². The first kappa shape index (κ1) is 17.6. The van der Waals surface area contributed by atoms with Gasteiger partial charge in [0, 0.05) is 5.56 Å². The first-order chi connectivity index (χ1) is 12.7. The summed E-state index contributed by atoms with van der Waals surface area (Å²) in [5, 5.41) is 0. The molecule has 2 aromatic rings. The largest absolute Gasteiger partial charge is 0.493 e. The zero-order chi connectivity index (χ0) is 18.0. The van der Waals surface area contributed by atoms with Crippen molar-refractivity contribution in [2.45, 2.75) is 76.4 Å². The van der Waals surface area contributed by atoms with E-state index in [9.17, 15) is 0 Å². The molecule has 0 bridgehead atoms. The molecule has 2 heterocycles. The maximum absolute atomic E-state index is 15.1. The Labute approximate surface area is 155 Å². The van der Waals surface area contributed by atoms with Gasteiger partial charge in [-0.1, -0.05) is 44.7 Å². The van der Waals surface area contributed by atoms with Gasteiger partial charge in [0.05, 0.1) is 30.9 Å². The van der Waals surface area contributed by atoms with Crippen LogP contribution in [0.25, 0.3) is 11.3 Å². The normalized spacial score (nSPS) is 20.6. The number of imidazole rings is 1. The molecule has 0 spiro atoms. The van der Waals surface area contributed by atoms with Crippen molar-refractivity contribution < 1.29 is 9.13 Å². The van der Waals surface area contributed by atoms with Crippen molar-refractivity contribution in [2.75, 3.05) is 6.61 Å². The lowest BCUT2D eigenvalue weighted by atomic mass is 9.82. The minimum absolute atomic E-state index is 0.173. The Hall–Kier alpha value is -1.84. The van der Waals surface area contributed by atoms with Gasteiger partial charge in [-0.3, -0.25) is 0 Å². The van der Waals surface area contributed by atoms with Gasteiger partial charge in [0.15, 0.2) is 0 Å². The molecule has 26 heavy (non-hydrogen) atoms. The number of alkyl halides is 1. The molecule has 4 heteroatoms. The molecule has 3 nitrogen and oxygen atoms in total. The van der Waals surface area contributed by atoms with Crippen molar-refractivity contribution >= 4 is 0 Å². The molecule has 4 rings (SSSR count). The van der Waals surface area contributed by atoms with E-state index in [0.717, 1.165) is 68.6 Å². The van der Waals surface area contributed by atoms with Crippen molar-refractivity contribution in [1.29, 1.82) is 0 Å². The van der Waals surface area contributed by atoms with Crippen molar-refractivity contribution in [3.63, 3.8) is 0 Å². The van der Waals surface area contributed by atoms with Crippen LogP contribution in [0, 0.1) is 0 Å². The molecule has 2 aliphatic rings. The number of halogens is 1. The van der Waals surface area contributed by atoms with E-state index in [1.54, 1.807) is 0 Å². The van der Waals surface area contributed by atoms with Crippen LogP contribution in [0.1, 0.15) is 76.3 Å². The predicted molar refractivity (Wildman–Crippen MR) is 102 cm³/mol.